The van der Waals surface area contributed by atoms with Crippen LogP contribution in [-0.2, 0) is 20.4 Å². The molecule has 1 aromatic carbocycles. The number of hydrogen-bond donors (Lipinski definition) is 2. The molecular formula is C20H20F3N3O4. The lowest BCUT2D eigenvalue weighted by Gasteiger charge is -2.45. The van der Waals surface area contributed by atoms with Gasteiger partial charge in [0.05, 0.1) is 47.3 Å². The highest BCUT2D eigenvalue weighted by Crippen LogP contribution is 2.65. The molecule has 0 unspecified atom stereocenters. The van der Waals surface area contributed by atoms with Crippen LogP contribution >= 0.6 is 0 Å². The van der Waals surface area contributed by atoms with Crippen molar-refractivity contribution in [2.24, 2.45) is 11.8 Å². The average molecular weight is 423 g/mol. The van der Waals surface area contributed by atoms with Gasteiger partial charge in [0.25, 0.3) is 0 Å². The minimum Gasteiger partial charge on any atom is -0.388 e. The zero-order chi connectivity index (χ0) is 21.6. The van der Waals surface area contributed by atoms with Crippen LogP contribution in [-0.4, -0.2) is 54.2 Å². The van der Waals surface area contributed by atoms with Crippen LogP contribution in [0, 0.1) is 23.2 Å². The molecule has 4 heterocycles. The number of nitriles is 1. The van der Waals surface area contributed by atoms with Gasteiger partial charge in [-0.1, -0.05) is 0 Å². The van der Waals surface area contributed by atoms with Gasteiger partial charge in [-0.3, -0.25) is 9.69 Å². The summed E-state index contributed by atoms with van der Waals surface area (Å²) >= 11 is 0. The summed E-state index contributed by atoms with van der Waals surface area (Å²) in [7, 11) is 1.68. The van der Waals surface area contributed by atoms with E-state index in [1.54, 1.807) is 20.0 Å². The maximum atomic E-state index is 13.5. The van der Waals surface area contributed by atoms with Crippen LogP contribution in [0.2, 0.25) is 0 Å². The normalized spacial score (nSPS) is 41.8. The molecule has 0 aliphatic carbocycles. The van der Waals surface area contributed by atoms with E-state index in [1.807, 2.05) is 0 Å². The van der Waals surface area contributed by atoms with Crippen molar-refractivity contribution in [3.63, 3.8) is 0 Å². The van der Waals surface area contributed by atoms with Crippen molar-refractivity contribution in [1.82, 2.24) is 5.32 Å². The minimum absolute atomic E-state index is 0.0151. The van der Waals surface area contributed by atoms with E-state index in [4.69, 9.17) is 14.7 Å². The van der Waals surface area contributed by atoms with Gasteiger partial charge >= 0.3 is 6.18 Å². The van der Waals surface area contributed by atoms with E-state index in [0.29, 0.717) is 6.42 Å². The summed E-state index contributed by atoms with van der Waals surface area (Å²) in [6.07, 6.45) is -6.07. The fourth-order valence-corrected chi connectivity index (χ4v) is 6.15. The topological polar surface area (TPSA) is 94.8 Å². The molecule has 30 heavy (non-hydrogen) atoms. The van der Waals surface area contributed by atoms with Crippen molar-refractivity contribution in [2.75, 3.05) is 18.6 Å². The molecule has 4 aliphatic rings. The molecule has 7 nitrogen and oxygen atoms in total. The molecule has 160 valence electrons. The number of fused-ring (bicyclic) bond motifs is 2. The Labute approximate surface area is 170 Å². The average Bonchev–Trinajstić information content (AvgIpc) is 3.23. The standard InChI is InChI=1S/C20H20F3N3O4/c1-18-12-13-17(29-6-5-19(13,30-18)15(27)14(18)25-2)26(16(12)28)10-4-3-9(8-24)11(7-10)20(21,22)23/h3-4,7,12-15,17,25,27H,5-6H2,1-2H3/t12-,13+,14+,15+,17+,18+,19-/m1/s1. The van der Waals surface area contributed by atoms with Crippen LogP contribution in [0.15, 0.2) is 18.2 Å². The second-order valence-corrected chi connectivity index (χ2v) is 8.51. The lowest BCUT2D eigenvalue weighted by Crippen LogP contribution is -2.64. The van der Waals surface area contributed by atoms with Crippen molar-refractivity contribution in [3.8, 4) is 6.07 Å². The summed E-state index contributed by atoms with van der Waals surface area (Å²) in [5, 5.41) is 23.1. The summed E-state index contributed by atoms with van der Waals surface area (Å²) in [5.41, 5.74) is -3.62. The SMILES string of the molecule is CN[C@H]1[C@H](O)[C@@]23CCO[C@H]4[C@@H]2[C@H](C(=O)N4c2ccc(C#N)c(C(F)(F)F)c2)[C@]1(C)O3. The van der Waals surface area contributed by atoms with Crippen LogP contribution in [0.5, 0.6) is 0 Å². The van der Waals surface area contributed by atoms with E-state index >= 15 is 0 Å². The van der Waals surface area contributed by atoms with Crippen LogP contribution in [0.3, 0.4) is 0 Å². The highest BCUT2D eigenvalue weighted by Gasteiger charge is 2.81. The molecule has 4 saturated heterocycles. The van der Waals surface area contributed by atoms with Gasteiger partial charge in [0.15, 0.2) is 0 Å². The number of carbonyl (C=O) groups is 1. The molecule has 2 N–H and O–H groups in total. The number of nitrogens with one attached hydrogen (secondary N) is 1. The molecule has 0 radical (unpaired) electrons. The number of hydrogen-bond acceptors (Lipinski definition) is 6. The molecule has 7 atom stereocenters. The Morgan fingerprint density at radius 3 is 2.77 bits per heavy atom. The Morgan fingerprint density at radius 1 is 1.40 bits per heavy atom. The van der Waals surface area contributed by atoms with Gasteiger partial charge in [-0.05, 0) is 32.2 Å². The third kappa shape index (κ3) is 2.16. The molecule has 4 fully saturated rings. The van der Waals surface area contributed by atoms with Gasteiger partial charge in [-0.25, -0.2) is 0 Å². The quantitative estimate of drug-likeness (QED) is 0.747. The lowest BCUT2D eigenvalue weighted by molar-refractivity contribution is -0.164. The molecule has 5 rings (SSSR count). The molecule has 4 aliphatic heterocycles. The van der Waals surface area contributed by atoms with Gasteiger partial charge in [-0.2, -0.15) is 18.4 Å². The highest BCUT2D eigenvalue weighted by molar-refractivity contribution is 6.00. The van der Waals surface area contributed by atoms with Crippen LogP contribution in [0.1, 0.15) is 24.5 Å². The Morgan fingerprint density at radius 2 is 2.13 bits per heavy atom. The lowest BCUT2D eigenvalue weighted by atomic mass is 9.62. The first kappa shape index (κ1) is 19.8. The van der Waals surface area contributed by atoms with Crippen molar-refractivity contribution in [3.05, 3.63) is 29.3 Å². The Balaban J connectivity index is 1.63. The summed E-state index contributed by atoms with van der Waals surface area (Å²) in [6.45, 7) is 1.96. The molecule has 1 aromatic rings. The van der Waals surface area contributed by atoms with Gasteiger partial charge in [0, 0.05) is 12.1 Å². The Hall–Kier alpha value is -2.19. The number of aliphatic hydroxyl groups excluding tert-OH is 1. The van der Waals surface area contributed by atoms with Gasteiger partial charge in [0.1, 0.15) is 17.9 Å². The summed E-state index contributed by atoms with van der Waals surface area (Å²) in [6, 6.07) is 4.27. The van der Waals surface area contributed by atoms with Gasteiger partial charge in [0.2, 0.25) is 5.91 Å². The smallest absolute Gasteiger partial charge is 0.388 e. The number of anilines is 1. The number of likely N-dealkylation sites (N-methyl/N-ethyl adjacent to an activating group) is 1. The predicted octanol–water partition coefficient (Wildman–Crippen LogP) is 1.39. The number of nitrogens with zero attached hydrogens (tertiary/aromatic N) is 2. The Bertz CT molecular complexity index is 979. The van der Waals surface area contributed by atoms with E-state index in [0.717, 1.165) is 12.1 Å². The molecule has 10 heteroatoms. The van der Waals surface area contributed by atoms with Crippen molar-refractivity contribution in [1.29, 1.82) is 5.26 Å². The van der Waals surface area contributed by atoms with Crippen molar-refractivity contribution in [2.45, 2.75) is 49.1 Å². The molecule has 0 aromatic heterocycles. The first-order valence-corrected chi connectivity index (χ1v) is 9.71. The zero-order valence-corrected chi connectivity index (χ0v) is 16.2. The molecule has 1 amide bonds. The number of carbonyl (C=O) groups excluding carboxylic acids is 1. The second-order valence-electron chi connectivity index (χ2n) is 8.51. The highest BCUT2D eigenvalue weighted by atomic mass is 19.4. The minimum atomic E-state index is -4.74. The summed E-state index contributed by atoms with van der Waals surface area (Å²) < 4.78 is 52.6. The molecular weight excluding hydrogens is 403 g/mol. The van der Waals surface area contributed by atoms with E-state index < -0.39 is 64.6 Å². The maximum Gasteiger partial charge on any atom is 0.417 e. The zero-order valence-electron chi connectivity index (χ0n) is 16.2. The second kappa shape index (κ2) is 5.95. The summed E-state index contributed by atoms with van der Waals surface area (Å²) in [4.78, 5) is 14.8. The van der Waals surface area contributed by atoms with E-state index in [2.05, 4.69) is 5.32 Å². The number of amides is 1. The van der Waals surface area contributed by atoms with E-state index in [1.165, 1.54) is 11.0 Å². The third-order valence-corrected chi connectivity index (χ3v) is 7.25. The number of benzene rings is 1. The first-order chi connectivity index (χ1) is 14.1. The van der Waals surface area contributed by atoms with Crippen LogP contribution < -0.4 is 10.2 Å². The monoisotopic (exact) mass is 423 g/mol. The number of ether oxygens (including phenoxy) is 2. The number of halogens is 3. The van der Waals surface area contributed by atoms with Crippen molar-refractivity contribution >= 4 is 11.6 Å². The fourth-order valence-electron chi connectivity index (χ4n) is 6.15. The number of rotatable bonds is 2. The fraction of sp³-hybridized carbons (Fsp3) is 0.600. The number of alkyl halides is 3. The van der Waals surface area contributed by atoms with Crippen molar-refractivity contribution < 1.29 is 32.5 Å². The number of aliphatic hydroxyl groups is 1. The van der Waals surface area contributed by atoms with Crippen LogP contribution in [0.4, 0.5) is 18.9 Å². The third-order valence-electron chi connectivity index (χ3n) is 7.25. The van der Waals surface area contributed by atoms with Gasteiger partial charge < -0.3 is 19.9 Å². The Kier molecular flexibility index (Phi) is 3.91. The molecule has 1 spiro atoms. The molecule has 2 bridgehead atoms. The first-order valence-electron chi connectivity index (χ1n) is 9.71. The van der Waals surface area contributed by atoms with E-state index in [-0.39, 0.29) is 12.3 Å². The van der Waals surface area contributed by atoms with Gasteiger partial charge in [-0.15, -0.1) is 0 Å². The predicted molar refractivity (Wildman–Crippen MR) is 96.1 cm³/mol. The summed E-state index contributed by atoms with van der Waals surface area (Å²) in [5.74, 6) is -1.58. The molecule has 0 saturated carbocycles. The van der Waals surface area contributed by atoms with Crippen LogP contribution in [0.25, 0.3) is 0 Å². The maximum absolute atomic E-state index is 13.5. The largest absolute Gasteiger partial charge is 0.417 e. The van der Waals surface area contributed by atoms with E-state index in [9.17, 15) is 23.1 Å².